The van der Waals surface area contributed by atoms with Gasteiger partial charge in [-0.1, -0.05) is 18.2 Å². The summed E-state index contributed by atoms with van der Waals surface area (Å²) in [6, 6.07) is 10.9. The zero-order valence-corrected chi connectivity index (χ0v) is 19.8. The Hall–Kier alpha value is -1.07. The van der Waals surface area contributed by atoms with Crippen LogP contribution in [0.4, 0.5) is 5.69 Å². The number of hydrogen-bond donors (Lipinski definition) is 2. The number of sulfonamides is 1. The van der Waals surface area contributed by atoms with E-state index in [0.29, 0.717) is 25.0 Å². The van der Waals surface area contributed by atoms with E-state index < -0.39 is 10.0 Å². The van der Waals surface area contributed by atoms with Gasteiger partial charge in [-0.25, -0.2) is 12.7 Å². The van der Waals surface area contributed by atoms with E-state index in [1.165, 1.54) is 11.9 Å². The summed E-state index contributed by atoms with van der Waals surface area (Å²) >= 11 is 0. The first kappa shape index (κ1) is 23.2. The minimum absolute atomic E-state index is 0. The molecule has 1 aromatic rings. The van der Waals surface area contributed by atoms with Crippen molar-refractivity contribution in [3.8, 4) is 0 Å². The van der Waals surface area contributed by atoms with Crippen molar-refractivity contribution in [2.75, 3.05) is 50.9 Å². The van der Waals surface area contributed by atoms with E-state index in [1.54, 1.807) is 11.4 Å². The molecule has 2 N–H and O–H groups in total. The topological polar surface area (TPSA) is 77.0 Å². The van der Waals surface area contributed by atoms with E-state index >= 15 is 0 Å². The van der Waals surface area contributed by atoms with E-state index in [0.717, 1.165) is 44.9 Å². The molecular formula is C19H32IN5O2S. The van der Waals surface area contributed by atoms with Crippen LogP contribution in [0.25, 0.3) is 0 Å². The summed E-state index contributed by atoms with van der Waals surface area (Å²) in [5, 5.41) is 6.96. The summed E-state index contributed by atoms with van der Waals surface area (Å²) in [7, 11) is -1.26. The molecule has 0 aromatic heterocycles. The number of aliphatic imine (C=N–C) groups is 1. The lowest BCUT2D eigenvalue weighted by Crippen LogP contribution is -2.47. The number of piperidine rings is 1. The maximum absolute atomic E-state index is 11.6. The van der Waals surface area contributed by atoms with Crippen LogP contribution in [0.5, 0.6) is 0 Å². The zero-order valence-electron chi connectivity index (χ0n) is 16.7. The van der Waals surface area contributed by atoms with Gasteiger partial charge in [0, 0.05) is 51.5 Å². The molecule has 1 unspecified atom stereocenters. The van der Waals surface area contributed by atoms with Crippen molar-refractivity contribution in [3.63, 3.8) is 0 Å². The molecule has 158 valence electrons. The minimum atomic E-state index is -3.06. The lowest BCUT2D eigenvalue weighted by molar-refractivity contribution is 0.274. The molecule has 2 saturated heterocycles. The predicted octanol–water partition coefficient (Wildman–Crippen LogP) is 1.72. The van der Waals surface area contributed by atoms with Gasteiger partial charge in [0.05, 0.1) is 6.26 Å². The van der Waals surface area contributed by atoms with Crippen LogP contribution >= 0.6 is 24.0 Å². The highest BCUT2D eigenvalue weighted by atomic mass is 127. The largest absolute Gasteiger partial charge is 0.369 e. The van der Waals surface area contributed by atoms with Crippen LogP contribution in [-0.2, 0) is 10.0 Å². The summed E-state index contributed by atoms with van der Waals surface area (Å²) in [6.45, 7) is 4.07. The Morgan fingerprint density at radius 3 is 2.43 bits per heavy atom. The van der Waals surface area contributed by atoms with Crippen molar-refractivity contribution in [3.05, 3.63) is 30.3 Å². The Morgan fingerprint density at radius 1 is 1.14 bits per heavy atom. The highest BCUT2D eigenvalue weighted by molar-refractivity contribution is 14.0. The molecular weight excluding hydrogens is 489 g/mol. The van der Waals surface area contributed by atoms with Crippen molar-refractivity contribution in [2.24, 2.45) is 10.9 Å². The second-order valence-electron chi connectivity index (χ2n) is 7.47. The van der Waals surface area contributed by atoms with Crippen molar-refractivity contribution < 1.29 is 8.42 Å². The highest BCUT2D eigenvalue weighted by Crippen LogP contribution is 2.20. The number of guanidine groups is 1. The third-order valence-electron chi connectivity index (χ3n) is 5.47. The van der Waals surface area contributed by atoms with Gasteiger partial charge in [-0.05, 0) is 37.3 Å². The highest BCUT2D eigenvalue weighted by Gasteiger charge is 2.26. The molecule has 0 spiro atoms. The van der Waals surface area contributed by atoms with Crippen molar-refractivity contribution in [1.29, 1.82) is 0 Å². The van der Waals surface area contributed by atoms with Crippen LogP contribution in [0.15, 0.2) is 35.3 Å². The molecule has 0 aliphatic carbocycles. The van der Waals surface area contributed by atoms with Crippen molar-refractivity contribution >= 4 is 45.6 Å². The van der Waals surface area contributed by atoms with Crippen molar-refractivity contribution in [1.82, 2.24) is 14.9 Å². The summed E-state index contributed by atoms with van der Waals surface area (Å²) in [6.07, 6.45) is 4.16. The van der Waals surface area contributed by atoms with Gasteiger partial charge in [-0.2, -0.15) is 0 Å². The number of hydrogen-bond acceptors (Lipinski definition) is 4. The van der Waals surface area contributed by atoms with E-state index in [9.17, 15) is 8.42 Å². The fraction of sp³-hybridized carbons (Fsp3) is 0.632. The van der Waals surface area contributed by atoms with Gasteiger partial charge in [0.15, 0.2) is 5.96 Å². The summed E-state index contributed by atoms with van der Waals surface area (Å²) in [5.74, 6) is 1.31. The fourth-order valence-corrected chi connectivity index (χ4v) is 4.70. The predicted molar refractivity (Wildman–Crippen MR) is 126 cm³/mol. The molecule has 0 saturated carbocycles. The third-order valence-corrected chi connectivity index (χ3v) is 6.78. The lowest BCUT2D eigenvalue weighted by Gasteiger charge is -2.30. The van der Waals surface area contributed by atoms with E-state index in [-0.39, 0.29) is 24.0 Å². The molecule has 1 aromatic carbocycles. The van der Waals surface area contributed by atoms with Gasteiger partial charge in [0.1, 0.15) is 0 Å². The zero-order chi connectivity index (χ0) is 19.3. The number of benzene rings is 1. The second-order valence-corrected chi connectivity index (χ2v) is 9.45. The molecule has 9 heteroatoms. The molecule has 7 nitrogen and oxygen atoms in total. The maximum Gasteiger partial charge on any atom is 0.211 e. The van der Waals surface area contributed by atoms with E-state index in [2.05, 4.69) is 44.8 Å². The minimum Gasteiger partial charge on any atom is -0.369 e. The SMILES string of the molecule is CN=C(NCC1CCN(S(C)(=O)=O)CC1)NC1CCN(c2ccccc2)C1.I. The average molecular weight is 521 g/mol. The number of nitrogens with zero attached hydrogens (tertiary/aromatic N) is 3. The molecule has 2 heterocycles. The van der Waals surface area contributed by atoms with Crippen LogP contribution in [-0.4, -0.2) is 70.8 Å². The number of nitrogens with one attached hydrogen (secondary N) is 2. The van der Waals surface area contributed by atoms with Gasteiger partial charge >= 0.3 is 0 Å². The van der Waals surface area contributed by atoms with Gasteiger partial charge < -0.3 is 15.5 Å². The number of rotatable bonds is 5. The average Bonchev–Trinajstić information content (AvgIpc) is 3.14. The third kappa shape index (κ3) is 6.48. The number of anilines is 1. The summed E-state index contributed by atoms with van der Waals surface area (Å²) in [5.41, 5.74) is 1.27. The number of halogens is 1. The molecule has 3 rings (SSSR count). The molecule has 2 aliphatic rings. The Morgan fingerprint density at radius 2 is 1.82 bits per heavy atom. The molecule has 1 atom stereocenters. The normalized spacial score (nSPS) is 22.0. The second kappa shape index (κ2) is 10.6. The maximum atomic E-state index is 11.6. The molecule has 0 amide bonds. The standard InChI is InChI=1S/C19H31N5O2S.HI/c1-20-19(21-14-16-8-12-24(13-9-16)27(2,25)26)22-17-10-11-23(15-17)18-6-4-3-5-7-18;/h3-7,16-17H,8-15H2,1-2H3,(H2,20,21,22);1H. The smallest absolute Gasteiger partial charge is 0.211 e. The first-order valence-corrected chi connectivity index (χ1v) is 11.5. The van der Waals surface area contributed by atoms with Gasteiger partial charge in [0.2, 0.25) is 10.0 Å². The lowest BCUT2D eigenvalue weighted by atomic mass is 9.98. The van der Waals surface area contributed by atoms with Crippen LogP contribution in [0, 0.1) is 5.92 Å². The van der Waals surface area contributed by atoms with Gasteiger partial charge in [-0.3, -0.25) is 4.99 Å². The first-order chi connectivity index (χ1) is 13.0. The van der Waals surface area contributed by atoms with Crippen molar-refractivity contribution in [2.45, 2.75) is 25.3 Å². The van der Waals surface area contributed by atoms with Gasteiger partial charge in [0.25, 0.3) is 0 Å². The molecule has 2 fully saturated rings. The summed E-state index contributed by atoms with van der Waals surface area (Å²) in [4.78, 5) is 6.75. The van der Waals surface area contributed by atoms with E-state index in [4.69, 9.17) is 0 Å². The van der Waals surface area contributed by atoms with E-state index in [1.807, 2.05) is 6.07 Å². The molecule has 0 bridgehead atoms. The van der Waals surface area contributed by atoms with Crippen LogP contribution in [0.3, 0.4) is 0 Å². The number of para-hydroxylation sites is 1. The Labute approximate surface area is 186 Å². The quantitative estimate of drug-likeness (QED) is 0.351. The summed E-state index contributed by atoms with van der Waals surface area (Å²) < 4.78 is 24.8. The van der Waals surface area contributed by atoms with Gasteiger partial charge in [-0.15, -0.1) is 24.0 Å². The van der Waals surface area contributed by atoms with Crippen LogP contribution in [0.1, 0.15) is 19.3 Å². The monoisotopic (exact) mass is 521 g/mol. The Balaban J connectivity index is 0.00000280. The Kier molecular flexibility index (Phi) is 8.81. The fourth-order valence-electron chi connectivity index (χ4n) is 3.83. The Bertz CT molecular complexity index is 736. The molecule has 28 heavy (non-hydrogen) atoms. The molecule has 0 radical (unpaired) electrons. The molecule has 2 aliphatic heterocycles. The van der Waals surface area contributed by atoms with Crippen LogP contribution in [0.2, 0.25) is 0 Å². The first-order valence-electron chi connectivity index (χ1n) is 9.68. The van der Waals surface area contributed by atoms with Crippen LogP contribution < -0.4 is 15.5 Å².